The molecule has 2 nitrogen and oxygen atoms in total. The summed E-state index contributed by atoms with van der Waals surface area (Å²) in [7, 11) is 0. The highest BCUT2D eigenvalue weighted by Gasteiger charge is 2.19. The van der Waals surface area contributed by atoms with Gasteiger partial charge in [0.1, 0.15) is 5.58 Å². The van der Waals surface area contributed by atoms with Crippen LogP contribution in [0, 0.1) is 0 Å². The van der Waals surface area contributed by atoms with Crippen LogP contribution in [-0.4, -0.2) is 4.57 Å². The van der Waals surface area contributed by atoms with Crippen molar-refractivity contribution < 1.29 is 4.42 Å². The van der Waals surface area contributed by atoms with Crippen molar-refractivity contribution >= 4 is 76.1 Å². The van der Waals surface area contributed by atoms with Gasteiger partial charge >= 0.3 is 0 Å². The predicted octanol–water partition coefficient (Wildman–Crippen LogP) is 11.8. The number of hydrogen-bond acceptors (Lipinski definition) is 1. The van der Waals surface area contributed by atoms with Crippen molar-refractivity contribution in [3.05, 3.63) is 152 Å². The van der Waals surface area contributed by atoms with E-state index in [1.807, 2.05) is 6.07 Å². The molecule has 0 aliphatic heterocycles. The SMILES string of the molecule is c1cc(-c2ccc3c4ccccc4c4ccccc4c3c2)cc(-n2c3ccccc3c3ccc4c5ccccc5oc4c32)c1. The van der Waals surface area contributed by atoms with Gasteiger partial charge in [-0.25, -0.2) is 0 Å². The van der Waals surface area contributed by atoms with Crippen molar-refractivity contribution in [3.8, 4) is 16.8 Å². The third-order valence-electron chi connectivity index (χ3n) is 9.36. The van der Waals surface area contributed by atoms with Crippen LogP contribution in [-0.2, 0) is 0 Å². The van der Waals surface area contributed by atoms with Crippen LogP contribution in [0.15, 0.2) is 156 Å². The number of nitrogens with zero attached hydrogens (tertiary/aromatic N) is 1. The summed E-state index contributed by atoms with van der Waals surface area (Å²) in [4.78, 5) is 0. The van der Waals surface area contributed by atoms with Gasteiger partial charge in [0, 0.05) is 27.2 Å². The van der Waals surface area contributed by atoms with E-state index >= 15 is 0 Å². The summed E-state index contributed by atoms with van der Waals surface area (Å²) in [6, 6.07) is 54.8. The number of hydrogen-bond donors (Lipinski definition) is 0. The fraction of sp³-hybridized carbons (Fsp3) is 0. The summed E-state index contributed by atoms with van der Waals surface area (Å²) in [5, 5.41) is 12.4. The molecule has 2 heteroatoms. The van der Waals surface area contributed by atoms with Gasteiger partial charge in [0.15, 0.2) is 5.58 Å². The van der Waals surface area contributed by atoms with Crippen molar-refractivity contribution in [2.45, 2.75) is 0 Å². The molecule has 204 valence electrons. The van der Waals surface area contributed by atoms with Gasteiger partial charge in [-0.05, 0) is 79.8 Å². The molecule has 0 aliphatic rings. The van der Waals surface area contributed by atoms with Crippen molar-refractivity contribution in [2.24, 2.45) is 0 Å². The highest BCUT2D eigenvalue weighted by atomic mass is 16.3. The zero-order valence-electron chi connectivity index (χ0n) is 23.8. The summed E-state index contributed by atoms with van der Waals surface area (Å²) in [5.41, 5.74) is 7.62. The number of rotatable bonds is 2. The molecule has 0 unspecified atom stereocenters. The molecule has 0 N–H and O–H groups in total. The van der Waals surface area contributed by atoms with Crippen molar-refractivity contribution in [2.75, 3.05) is 0 Å². The first-order valence-corrected chi connectivity index (χ1v) is 15.1. The van der Waals surface area contributed by atoms with Crippen LogP contribution in [0.3, 0.4) is 0 Å². The highest BCUT2D eigenvalue weighted by molar-refractivity contribution is 6.26. The summed E-state index contributed by atoms with van der Waals surface area (Å²) in [6.45, 7) is 0. The molecule has 0 saturated heterocycles. The van der Waals surface area contributed by atoms with Crippen molar-refractivity contribution in [1.82, 2.24) is 4.57 Å². The van der Waals surface area contributed by atoms with E-state index in [1.54, 1.807) is 0 Å². The van der Waals surface area contributed by atoms with Crippen molar-refractivity contribution in [1.29, 1.82) is 0 Å². The van der Waals surface area contributed by atoms with Gasteiger partial charge < -0.3 is 8.98 Å². The van der Waals surface area contributed by atoms with Crippen LogP contribution in [0.1, 0.15) is 0 Å². The van der Waals surface area contributed by atoms with Gasteiger partial charge in [-0.15, -0.1) is 0 Å². The second kappa shape index (κ2) is 8.82. The van der Waals surface area contributed by atoms with E-state index in [4.69, 9.17) is 4.42 Å². The lowest BCUT2D eigenvalue weighted by Gasteiger charge is -2.13. The maximum atomic E-state index is 6.58. The van der Waals surface area contributed by atoms with E-state index in [0.717, 1.165) is 33.1 Å². The minimum absolute atomic E-state index is 0.913. The maximum Gasteiger partial charge on any atom is 0.160 e. The van der Waals surface area contributed by atoms with Crippen LogP contribution < -0.4 is 0 Å². The molecule has 0 amide bonds. The standard InChI is InChI=1S/C42H25NO/c1-2-14-31-29(12-1)30-13-3-4-15-32(30)38-25-27(20-21-33(31)38)26-10-9-11-28(24-26)43-39-18-7-5-16-34(39)36-22-23-37-35-17-6-8-19-40(35)44-42(37)41(36)43/h1-25H. The number of benzene rings is 8. The van der Waals surface area contributed by atoms with Crippen LogP contribution in [0.4, 0.5) is 0 Å². The molecule has 10 aromatic rings. The zero-order chi connectivity index (χ0) is 28.8. The van der Waals surface area contributed by atoms with E-state index in [1.165, 1.54) is 59.7 Å². The lowest BCUT2D eigenvalue weighted by molar-refractivity contribution is 0.671. The first kappa shape index (κ1) is 23.7. The van der Waals surface area contributed by atoms with Gasteiger partial charge in [-0.1, -0.05) is 115 Å². The fourth-order valence-corrected chi connectivity index (χ4v) is 7.41. The Hall–Kier alpha value is -5.86. The van der Waals surface area contributed by atoms with Crippen LogP contribution in [0.25, 0.3) is 92.9 Å². The quantitative estimate of drug-likeness (QED) is 0.193. The average Bonchev–Trinajstić information content (AvgIpc) is 3.64. The first-order valence-electron chi connectivity index (χ1n) is 15.1. The third-order valence-corrected chi connectivity index (χ3v) is 9.36. The fourth-order valence-electron chi connectivity index (χ4n) is 7.41. The monoisotopic (exact) mass is 559 g/mol. The molecule has 2 heterocycles. The Kier molecular flexibility index (Phi) is 4.75. The van der Waals surface area contributed by atoms with Crippen LogP contribution in [0.5, 0.6) is 0 Å². The van der Waals surface area contributed by atoms with Gasteiger partial charge in [-0.2, -0.15) is 0 Å². The molecule has 2 aromatic heterocycles. The van der Waals surface area contributed by atoms with Gasteiger partial charge in [0.05, 0.1) is 11.0 Å². The smallest absolute Gasteiger partial charge is 0.160 e. The van der Waals surface area contributed by atoms with Gasteiger partial charge in [0.2, 0.25) is 0 Å². The molecule has 0 radical (unpaired) electrons. The lowest BCUT2D eigenvalue weighted by atomic mass is 9.92. The largest absolute Gasteiger partial charge is 0.454 e. The van der Waals surface area contributed by atoms with Crippen molar-refractivity contribution in [3.63, 3.8) is 0 Å². The maximum absolute atomic E-state index is 6.58. The average molecular weight is 560 g/mol. The minimum Gasteiger partial charge on any atom is -0.454 e. The molecule has 44 heavy (non-hydrogen) atoms. The van der Waals surface area contributed by atoms with E-state index in [-0.39, 0.29) is 0 Å². The third kappa shape index (κ3) is 3.20. The molecule has 10 rings (SSSR count). The Balaban J connectivity index is 1.25. The number of para-hydroxylation sites is 2. The Morgan fingerprint density at radius 1 is 0.364 bits per heavy atom. The molecular formula is C42H25NO. The topological polar surface area (TPSA) is 18.1 Å². The summed E-state index contributed by atoms with van der Waals surface area (Å²) in [5.74, 6) is 0. The Labute approximate surface area is 253 Å². The van der Waals surface area contributed by atoms with Crippen LogP contribution in [0.2, 0.25) is 0 Å². The molecule has 0 atom stereocenters. The molecule has 0 aliphatic carbocycles. The molecular weight excluding hydrogens is 534 g/mol. The van der Waals surface area contributed by atoms with E-state index < -0.39 is 0 Å². The zero-order valence-corrected chi connectivity index (χ0v) is 23.8. The van der Waals surface area contributed by atoms with E-state index in [9.17, 15) is 0 Å². The lowest BCUT2D eigenvalue weighted by Crippen LogP contribution is -1.94. The number of fused-ring (bicyclic) bond motifs is 13. The summed E-state index contributed by atoms with van der Waals surface area (Å²) in [6.07, 6.45) is 0. The van der Waals surface area contributed by atoms with E-state index in [2.05, 4.69) is 150 Å². The molecule has 0 fully saturated rings. The number of furan rings is 1. The highest BCUT2D eigenvalue weighted by Crippen LogP contribution is 2.41. The number of aromatic nitrogens is 1. The molecule has 0 spiro atoms. The first-order chi connectivity index (χ1) is 21.8. The minimum atomic E-state index is 0.913. The Morgan fingerprint density at radius 3 is 1.70 bits per heavy atom. The van der Waals surface area contributed by atoms with Gasteiger partial charge in [0.25, 0.3) is 0 Å². The van der Waals surface area contributed by atoms with E-state index in [0.29, 0.717) is 0 Å². The van der Waals surface area contributed by atoms with Crippen LogP contribution >= 0.6 is 0 Å². The van der Waals surface area contributed by atoms with Gasteiger partial charge in [-0.3, -0.25) is 0 Å². The molecule has 0 saturated carbocycles. The summed E-state index contributed by atoms with van der Waals surface area (Å²) >= 11 is 0. The Morgan fingerprint density at radius 2 is 0.932 bits per heavy atom. The molecule has 0 bridgehead atoms. The predicted molar refractivity (Wildman–Crippen MR) is 186 cm³/mol. The molecule has 8 aromatic carbocycles. The normalized spacial score (nSPS) is 12.1. The second-order valence-corrected chi connectivity index (χ2v) is 11.7. The second-order valence-electron chi connectivity index (χ2n) is 11.7. The Bertz CT molecular complexity index is 2740. The summed E-state index contributed by atoms with van der Waals surface area (Å²) < 4.78 is 8.95.